The van der Waals surface area contributed by atoms with Gasteiger partial charge in [-0.05, 0) is 31.0 Å². The lowest BCUT2D eigenvalue weighted by Gasteiger charge is -1.94. The summed E-state index contributed by atoms with van der Waals surface area (Å²) in [6, 6.07) is 0. The first kappa shape index (κ1) is 8.63. The van der Waals surface area contributed by atoms with Crippen molar-refractivity contribution in [3.05, 3.63) is 12.2 Å². The Bertz CT molecular complexity index is 116. The van der Waals surface area contributed by atoms with Crippen LogP contribution in [0.5, 0.6) is 0 Å². The predicted molar refractivity (Wildman–Crippen MR) is 41.2 cm³/mol. The summed E-state index contributed by atoms with van der Waals surface area (Å²) >= 11 is 4.31. The Morgan fingerprint density at radius 2 is 2.22 bits per heavy atom. The van der Waals surface area contributed by atoms with Crippen molar-refractivity contribution >= 4 is 17.7 Å². The summed E-state index contributed by atoms with van der Waals surface area (Å²) in [5, 5.41) is -0.282. The maximum absolute atomic E-state index is 10.2. The average molecular weight is 143 g/mol. The van der Waals surface area contributed by atoms with Crippen LogP contribution in [0.15, 0.2) is 12.2 Å². The lowest BCUT2D eigenvalue weighted by Crippen LogP contribution is -1.83. The summed E-state index contributed by atoms with van der Waals surface area (Å²) < 4.78 is 0. The van der Waals surface area contributed by atoms with Gasteiger partial charge < -0.3 is 0 Å². The normalized spacial score (nSPS) is 11.0. The Hall–Kier alpha value is -0.370. The summed E-state index contributed by atoms with van der Waals surface area (Å²) in [5.74, 6) is 0.607. The van der Waals surface area contributed by atoms with Crippen LogP contribution < -0.4 is 0 Å². The van der Waals surface area contributed by atoms with Crippen LogP contribution in [0.4, 0.5) is 0 Å². The fourth-order valence-electron chi connectivity index (χ4n) is 0.436. The standard InChI is InChI=1S/C7H11OS/c1-6(2)4-3-5-7(8)9/h3,5-6H,4H2,1-2H3. The zero-order chi connectivity index (χ0) is 7.28. The van der Waals surface area contributed by atoms with E-state index in [1.165, 1.54) is 6.08 Å². The first-order chi connectivity index (χ1) is 4.13. The molecule has 0 rings (SSSR count). The van der Waals surface area contributed by atoms with Gasteiger partial charge in [0, 0.05) is 0 Å². The molecule has 0 aliphatic heterocycles. The molecule has 0 aromatic rings. The maximum Gasteiger partial charge on any atom is 0.241 e. The highest BCUT2D eigenvalue weighted by molar-refractivity contribution is 7.97. The van der Waals surface area contributed by atoms with Crippen molar-refractivity contribution in [3.63, 3.8) is 0 Å². The molecule has 0 amide bonds. The lowest BCUT2D eigenvalue weighted by molar-refractivity contribution is -0.106. The van der Waals surface area contributed by atoms with Gasteiger partial charge in [-0.25, -0.2) is 0 Å². The summed E-state index contributed by atoms with van der Waals surface area (Å²) in [5.41, 5.74) is 0. The van der Waals surface area contributed by atoms with E-state index >= 15 is 0 Å². The Balaban J connectivity index is 3.36. The van der Waals surface area contributed by atoms with Crippen molar-refractivity contribution in [1.82, 2.24) is 0 Å². The topological polar surface area (TPSA) is 17.1 Å². The van der Waals surface area contributed by atoms with Crippen LogP contribution >= 0.6 is 12.6 Å². The van der Waals surface area contributed by atoms with Gasteiger partial charge in [-0.2, -0.15) is 0 Å². The van der Waals surface area contributed by atoms with E-state index < -0.39 is 0 Å². The van der Waals surface area contributed by atoms with E-state index in [9.17, 15) is 4.79 Å². The van der Waals surface area contributed by atoms with Crippen LogP contribution in [0, 0.1) is 5.92 Å². The third-order valence-corrected chi connectivity index (χ3v) is 0.998. The molecule has 0 aromatic carbocycles. The number of allylic oxidation sites excluding steroid dienone is 1. The van der Waals surface area contributed by atoms with Gasteiger partial charge in [0.25, 0.3) is 0 Å². The van der Waals surface area contributed by atoms with Gasteiger partial charge in [0.05, 0.1) is 0 Å². The predicted octanol–water partition coefficient (Wildman–Crippen LogP) is 2.31. The molecule has 9 heavy (non-hydrogen) atoms. The second-order valence-electron chi connectivity index (χ2n) is 2.35. The molecule has 0 fully saturated rings. The van der Waals surface area contributed by atoms with Gasteiger partial charge >= 0.3 is 0 Å². The van der Waals surface area contributed by atoms with E-state index in [-0.39, 0.29) is 5.12 Å². The van der Waals surface area contributed by atoms with Gasteiger partial charge in [-0.3, -0.25) is 4.79 Å². The van der Waals surface area contributed by atoms with Crippen molar-refractivity contribution in [2.45, 2.75) is 20.3 Å². The minimum atomic E-state index is -0.282. The van der Waals surface area contributed by atoms with Crippen LogP contribution in [0.1, 0.15) is 20.3 Å². The first-order valence-corrected chi connectivity index (χ1v) is 3.41. The molecule has 1 nitrogen and oxygen atoms in total. The van der Waals surface area contributed by atoms with Gasteiger partial charge in [-0.1, -0.05) is 19.9 Å². The maximum atomic E-state index is 10.2. The summed E-state index contributed by atoms with van der Waals surface area (Å²) in [6.07, 6.45) is 4.19. The zero-order valence-corrected chi connectivity index (χ0v) is 6.57. The molecule has 0 N–H and O–H groups in total. The van der Waals surface area contributed by atoms with Crippen molar-refractivity contribution in [2.24, 2.45) is 5.92 Å². The van der Waals surface area contributed by atoms with E-state index in [1.807, 2.05) is 6.08 Å². The molecule has 0 saturated carbocycles. The summed E-state index contributed by atoms with van der Waals surface area (Å²) in [7, 11) is 0. The highest BCUT2D eigenvalue weighted by Gasteiger charge is 1.88. The van der Waals surface area contributed by atoms with Gasteiger partial charge in [0.1, 0.15) is 0 Å². The van der Waals surface area contributed by atoms with Gasteiger partial charge in [0.2, 0.25) is 5.12 Å². The lowest BCUT2D eigenvalue weighted by atomic mass is 10.1. The smallest absolute Gasteiger partial charge is 0.241 e. The van der Waals surface area contributed by atoms with Crippen LogP contribution in [-0.4, -0.2) is 5.12 Å². The number of rotatable bonds is 3. The fraction of sp³-hybridized carbons (Fsp3) is 0.571. The minimum absolute atomic E-state index is 0.282. The molecule has 0 saturated heterocycles. The van der Waals surface area contributed by atoms with Crippen LogP contribution in [-0.2, 0) is 4.79 Å². The van der Waals surface area contributed by atoms with E-state index in [0.717, 1.165) is 6.42 Å². The summed E-state index contributed by atoms with van der Waals surface area (Å²) in [6.45, 7) is 4.19. The van der Waals surface area contributed by atoms with Crippen molar-refractivity contribution in [2.75, 3.05) is 0 Å². The molecule has 0 unspecified atom stereocenters. The largest absolute Gasteiger partial charge is 0.277 e. The van der Waals surface area contributed by atoms with Gasteiger partial charge in [0.15, 0.2) is 0 Å². The molecule has 1 radical (unpaired) electrons. The Morgan fingerprint density at radius 3 is 2.56 bits per heavy atom. The SMILES string of the molecule is CC(C)CC=CC(=O)[S]. The monoisotopic (exact) mass is 143 g/mol. The third-order valence-electron chi connectivity index (χ3n) is 0.861. The molecule has 0 heterocycles. The second-order valence-corrected chi connectivity index (χ2v) is 2.75. The van der Waals surface area contributed by atoms with E-state index in [1.54, 1.807) is 0 Å². The van der Waals surface area contributed by atoms with Crippen molar-refractivity contribution in [3.8, 4) is 0 Å². The Kier molecular flexibility index (Phi) is 4.32. The fourth-order valence-corrected chi connectivity index (χ4v) is 0.533. The Morgan fingerprint density at radius 1 is 1.67 bits per heavy atom. The quantitative estimate of drug-likeness (QED) is 0.554. The minimum Gasteiger partial charge on any atom is -0.277 e. The number of carbonyl (C=O) groups is 1. The van der Waals surface area contributed by atoms with Crippen molar-refractivity contribution < 1.29 is 4.79 Å². The molecular weight excluding hydrogens is 132 g/mol. The molecular formula is C7H11OS. The average Bonchev–Trinajstić information content (AvgIpc) is 1.63. The Labute approximate surface area is 61.6 Å². The highest BCUT2D eigenvalue weighted by Crippen LogP contribution is 1.99. The molecule has 0 spiro atoms. The van der Waals surface area contributed by atoms with Crippen LogP contribution in [0.2, 0.25) is 0 Å². The second kappa shape index (κ2) is 4.50. The molecule has 0 bridgehead atoms. The van der Waals surface area contributed by atoms with E-state index in [2.05, 4.69) is 26.5 Å². The van der Waals surface area contributed by atoms with Crippen LogP contribution in [0.25, 0.3) is 0 Å². The van der Waals surface area contributed by atoms with E-state index in [0.29, 0.717) is 5.92 Å². The van der Waals surface area contributed by atoms with E-state index in [4.69, 9.17) is 0 Å². The molecule has 0 aliphatic rings. The number of hydrogen-bond acceptors (Lipinski definition) is 1. The zero-order valence-electron chi connectivity index (χ0n) is 5.76. The molecule has 51 valence electrons. The highest BCUT2D eigenvalue weighted by atomic mass is 32.1. The van der Waals surface area contributed by atoms with Crippen LogP contribution in [0.3, 0.4) is 0 Å². The molecule has 0 aromatic heterocycles. The van der Waals surface area contributed by atoms with Gasteiger partial charge in [-0.15, -0.1) is 0 Å². The van der Waals surface area contributed by atoms with Crippen molar-refractivity contribution in [1.29, 1.82) is 0 Å². The summed E-state index contributed by atoms with van der Waals surface area (Å²) in [4.78, 5) is 10.2. The first-order valence-electron chi connectivity index (χ1n) is 3.00. The molecule has 0 atom stereocenters. The molecule has 0 aliphatic carbocycles. The third kappa shape index (κ3) is 7.63. The molecule has 2 heteroatoms. The number of hydrogen-bond donors (Lipinski definition) is 0. The number of carbonyl (C=O) groups excluding carboxylic acids is 1.